The average molecular weight is 352 g/mol. The van der Waals surface area contributed by atoms with Crippen molar-refractivity contribution in [2.24, 2.45) is 5.10 Å². The molecule has 9 heteroatoms. The molecule has 9 nitrogen and oxygen atoms in total. The van der Waals surface area contributed by atoms with E-state index in [0.29, 0.717) is 17.1 Å². The Kier molecular flexibility index (Phi) is 5.18. The molecule has 0 atom stereocenters. The maximum atomic E-state index is 11.9. The number of nitrogens with one attached hydrogen (secondary N) is 1. The molecule has 3 rings (SSSR count). The van der Waals surface area contributed by atoms with Crippen molar-refractivity contribution in [3.63, 3.8) is 0 Å². The van der Waals surface area contributed by atoms with Gasteiger partial charge in [0.05, 0.1) is 13.3 Å². The van der Waals surface area contributed by atoms with Gasteiger partial charge in [0.15, 0.2) is 0 Å². The third kappa shape index (κ3) is 4.20. The fourth-order valence-electron chi connectivity index (χ4n) is 2.11. The van der Waals surface area contributed by atoms with E-state index >= 15 is 0 Å². The molecule has 3 aromatic rings. The molecule has 1 amide bonds. The fraction of sp³-hybridized carbons (Fsp3) is 0.118. The van der Waals surface area contributed by atoms with Crippen molar-refractivity contribution in [3.05, 3.63) is 54.1 Å². The lowest BCUT2D eigenvalue weighted by atomic mass is 10.2. The highest BCUT2D eigenvalue weighted by molar-refractivity contribution is 5.85. The second-order valence-corrected chi connectivity index (χ2v) is 5.23. The Morgan fingerprint density at radius 3 is 2.85 bits per heavy atom. The topological polar surface area (TPSA) is 115 Å². The van der Waals surface area contributed by atoms with Crippen LogP contribution in [0.3, 0.4) is 0 Å². The number of benzene rings is 2. The highest BCUT2D eigenvalue weighted by atomic mass is 16.5. The third-order valence-electron chi connectivity index (χ3n) is 3.40. The van der Waals surface area contributed by atoms with Crippen LogP contribution < -0.4 is 10.2 Å². The lowest BCUT2D eigenvalue weighted by Gasteiger charge is -2.03. The van der Waals surface area contributed by atoms with Crippen LogP contribution in [0.1, 0.15) is 5.56 Å². The van der Waals surface area contributed by atoms with Crippen molar-refractivity contribution in [1.82, 2.24) is 25.6 Å². The molecule has 1 aromatic heterocycles. The first-order valence-corrected chi connectivity index (χ1v) is 7.68. The Labute approximate surface area is 148 Å². The molecule has 0 spiro atoms. The van der Waals surface area contributed by atoms with Crippen molar-refractivity contribution in [3.8, 4) is 22.9 Å². The van der Waals surface area contributed by atoms with Gasteiger partial charge in [-0.1, -0.05) is 30.3 Å². The average Bonchev–Trinajstić information content (AvgIpc) is 3.12. The Morgan fingerprint density at radius 2 is 2.12 bits per heavy atom. The molecule has 2 N–H and O–H groups in total. The van der Waals surface area contributed by atoms with Gasteiger partial charge in [0, 0.05) is 17.2 Å². The zero-order chi connectivity index (χ0) is 18.4. The summed E-state index contributed by atoms with van der Waals surface area (Å²) in [5, 5.41) is 25.5. The summed E-state index contributed by atoms with van der Waals surface area (Å²) in [6, 6.07) is 14.1. The number of phenolic OH excluding ortho intramolecular Hbond substituents is 1. The van der Waals surface area contributed by atoms with Crippen LogP contribution >= 0.6 is 0 Å². The first kappa shape index (κ1) is 17.1. The van der Waals surface area contributed by atoms with Gasteiger partial charge in [0.25, 0.3) is 5.91 Å². The summed E-state index contributed by atoms with van der Waals surface area (Å²) in [7, 11) is 1.50. The van der Waals surface area contributed by atoms with E-state index in [1.807, 2.05) is 30.3 Å². The van der Waals surface area contributed by atoms with E-state index in [9.17, 15) is 9.90 Å². The number of nitrogens with zero attached hydrogens (tertiary/aromatic N) is 5. The normalized spacial score (nSPS) is 10.8. The van der Waals surface area contributed by atoms with Gasteiger partial charge in [0.2, 0.25) is 5.82 Å². The number of hydrogen-bond acceptors (Lipinski definition) is 7. The van der Waals surface area contributed by atoms with Crippen LogP contribution in [-0.2, 0) is 11.3 Å². The van der Waals surface area contributed by atoms with Gasteiger partial charge >= 0.3 is 0 Å². The number of hydrogen-bond donors (Lipinski definition) is 2. The van der Waals surface area contributed by atoms with Crippen LogP contribution in [0.2, 0.25) is 0 Å². The molecule has 0 aliphatic heterocycles. The van der Waals surface area contributed by atoms with Gasteiger partial charge in [0.1, 0.15) is 18.0 Å². The van der Waals surface area contributed by atoms with Crippen LogP contribution in [0.4, 0.5) is 0 Å². The molecule has 0 aliphatic carbocycles. The number of methoxy groups -OCH3 is 1. The largest absolute Gasteiger partial charge is 0.507 e. The van der Waals surface area contributed by atoms with E-state index in [1.54, 1.807) is 12.1 Å². The van der Waals surface area contributed by atoms with Crippen LogP contribution in [0.25, 0.3) is 11.4 Å². The molecule has 0 fully saturated rings. The molecule has 1 heterocycles. The van der Waals surface area contributed by atoms with Gasteiger partial charge in [-0.2, -0.15) is 9.90 Å². The molecule has 26 heavy (non-hydrogen) atoms. The number of rotatable bonds is 6. The SMILES string of the molecule is COc1ccc(C=NNC(=O)Cn2nnc(-c3ccccc3)n2)c(O)c1. The lowest BCUT2D eigenvalue weighted by Crippen LogP contribution is -2.24. The monoisotopic (exact) mass is 352 g/mol. The van der Waals surface area contributed by atoms with Crippen molar-refractivity contribution in [1.29, 1.82) is 0 Å². The van der Waals surface area contributed by atoms with Crippen LogP contribution in [0.5, 0.6) is 11.5 Å². The first-order chi connectivity index (χ1) is 12.7. The van der Waals surface area contributed by atoms with Gasteiger partial charge in [-0.25, -0.2) is 5.43 Å². The van der Waals surface area contributed by atoms with E-state index < -0.39 is 5.91 Å². The van der Waals surface area contributed by atoms with Gasteiger partial charge in [-0.15, -0.1) is 10.2 Å². The molecule has 0 saturated carbocycles. The zero-order valence-corrected chi connectivity index (χ0v) is 13.9. The standard InChI is InChI=1S/C17H16N6O3/c1-26-14-8-7-13(15(24)9-14)10-18-19-16(25)11-23-21-17(20-22-23)12-5-3-2-4-6-12/h2-10,24H,11H2,1H3,(H,19,25). The second kappa shape index (κ2) is 7.88. The summed E-state index contributed by atoms with van der Waals surface area (Å²) in [5.41, 5.74) is 3.60. The molecular formula is C17H16N6O3. The molecule has 0 aliphatic rings. The third-order valence-corrected chi connectivity index (χ3v) is 3.40. The van der Waals surface area contributed by atoms with Crippen molar-refractivity contribution in [2.45, 2.75) is 6.54 Å². The number of carbonyl (C=O) groups excluding carboxylic acids is 1. The summed E-state index contributed by atoms with van der Waals surface area (Å²) in [4.78, 5) is 13.1. The summed E-state index contributed by atoms with van der Waals surface area (Å²) >= 11 is 0. The number of tetrazole rings is 1. The van der Waals surface area contributed by atoms with E-state index in [2.05, 4.69) is 25.9 Å². The van der Waals surface area contributed by atoms with E-state index in [0.717, 1.165) is 5.56 Å². The van der Waals surface area contributed by atoms with E-state index in [4.69, 9.17) is 4.74 Å². The first-order valence-electron chi connectivity index (χ1n) is 7.68. The molecule has 0 unspecified atom stereocenters. The summed E-state index contributed by atoms with van der Waals surface area (Å²) < 4.78 is 5.00. The maximum Gasteiger partial charge on any atom is 0.263 e. The number of aromatic nitrogens is 4. The molecule has 0 bridgehead atoms. The quantitative estimate of drug-likeness (QED) is 0.509. The number of amides is 1. The smallest absolute Gasteiger partial charge is 0.263 e. The van der Waals surface area contributed by atoms with Crippen LogP contribution in [0, 0.1) is 0 Å². The molecule has 2 aromatic carbocycles. The van der Waals surface area contributed by atoms with Crippen LogP contribution in [-0.4, -0.2) is 44.5 Å². The minimum Gasteiger partial charge on any atom is -0.507 e. The fourth-order valence-corrected chi connectivity index (χ4v) is 2.11. The minimum atomic E-state index is -0.425. The molecule has 132 valence electrons. The summed E-state index contributed by atoms with van der Waals surface area (Å²) in [6.07, 6.45) is 1.33. The molecular weight excluding hydrogens is 336 g/mol. The van der Waals surface area contributed by atoms with Gasteiger partial charge in [-0.3, -0.25) is 4.79 Å². The Bertz CT molecular complexity index is 923. The summed E-state index contributed by atoms with van der Waals surface area (Å²) in [5.74, 6) is 0.527. The number of phenols is 1. The maximum absolute atomic E-state index is 11.9. The van der Waals surface area contributed by atoms with Crippen LogP contribution in [0.15, 0.2) is 53.6 Å². The minimum absolute atomic E-state index is 0.00667. The number of aromatic hydroxyl groups is 1. The Morgan fingerprint density at radius 1 is 1.31 bits per heavy atom. The second-order valence-electron chi connectivity index (χ2n) is 5.23. The lowest BCUT2D eigenvalue weighted by molar-refractivity contribution is -0.122. The molecule has 0 saturated heterocycles. The highest BCUT2D eigenvalue weighted by Crippen LogP contribution is 2.21. The number of ether oxygens (including phenoxy) is 1. The van der Waals surface area contributed by atoms with Crippen molar-refractivity contribution < 1.29 is 14.6 Å². The zero-order valence-electron chi connectivity index (χ0n) is 13.9. The number of hydrazone groups is 1. The van der Waals surface area contributed by atoms with E-state index in [1.165, 1.54) is 24.2 Å². The Hall–Kier alpha value is -3.75. The predicted octanol–water partition coefficient (Wildman–Crippen LogP) is 1.20. The van der Waals surface area contributed by atoms with Crippen molar-refractivity contribution in [2.75, 3.05) is 7.11 Å². The van der Waals surface area contributed by atoms with Gasteiger partial charge < -0.3 is 9.84 Å². The molecule has 0 radical (unpaired) electrons. The van der Waals surface area contributed by atoms with Gasteiger partial charge in [-0.05, 0) is 17.3 Å². The predicted molar refractivity (Wildman–Crippen MR) is 93.6 cm³/mol. The van der Waals surface area contributed by atoms with Crippen molar-refractivity contribution >= 4 is 12.1 Å². The Balaban J connectivity index is 1.57. The highest BCUT2D eigenvalue weighted by Gasteiger charge is 2.08. The van der Waals surface area contributed by atoms with E-state index in [-0.39, 0.29) is 12.3 Å². The number of carbonyl (C=O) groups is 1. The summed E-state index contributed by atoms with van der Waals surface area (Å²) in [6.45, 7) is -0.133.